The van der Waals surface area contributed by atoms with Gasteiger partial charge in [0.2, 0.25) is 5.91 Å². The Labute approximate surface area is 207 Å². The van der Waals surface area contributed by atoms with Crippen LogP contribution in [0.4, 0.5) is 4.79 Å². The third-order valence-corrected chi connectivity index (χ3v) is 6.97. The predicted octanol–water partition coefficient (Wildman–Crippen LogP) is 5.67. The molecule has 0 spiro atoms. The molecule has 1 heterocycles. The Morgan fingerprint density at radius 3 is 2.43 bits per heavy atom. The zero-order chi connectivity index (χ0) is 24.5. The molecular formula is C29H37N3O3. The SMILES string of the molecule is C[C@](Cc1c[nH]c2ccccc12)(NC(=O)OC1CCCCCCC1)C(=O)NCCc1ccccc1. The van der Waals surface area contributed by atoms with Crippen molar-refractivity contribution in [2.24, 2.45) is 0 Å². The van der Waals surface area contributed by atoms with Crippen LogP contribution in [-0.2, 0) is 22.4 Å². The van der Waals surface area contributed by atoms with Gasteiger partial charge in [-0.1, -0.05) is 67.8 Å². The van der Waals surface area contributed by atoms with E-state index in [9.17, 15) is 9.59 Å². The molecule has 186 valence electrons. The van der Waals surface area contributed by atoms with Gasteiger partial charge in [0.05, 0.1) is 0 Å². The third kappa shape index (κ3) is 6.87. The zero-order valence-electron chi connectivity index (χ0n) is 20.6. The van der Waals surface area contributed by atoms with Gasteiger partial charge in [-0.05, 0) is 56.2 Å². The number of aromatic nitrogens is 1. The minimum Gasteiger partial charge on any atom is -0.446 e. The van der Waals surface area contributed by atoms with Crippen molar-refractivity contribution in [3.63, 3.8) is 0 Å². The van der Waals surface area contributed by atoms with E-state index < -0.39 is 11.6 Å². The summed E-state index contributed by atoms with van der Waals surface area (Å²) in [6.07, 6.45) is 9.93. The first-order chi connectivity index (χ1) is 17.0. The molecule has 3 aromatic rings. The predicted molar refractivity (Wildman–Crippen MR) is 139 cm³/mol. The fourth-order valence-electron chi connectivity index (χ4n) is 4.94. The summed E-state index contributed by atoms with van der Waals surface area (Å²) in [6, 6.07) is 18.0. The molecule has 0 saturated heterocycles. The molecular weight excluding hydrogens is 438 g/mol. The first-order valence-electron chi connectivity index (χ1n) is 12.9. The van der Waals surface area contributed by atoms with Crippen LogP contribution in [0.15, 0.2) is 60.8 Å². The van der Waals surface area contributed by atoms with E-state index in [2.05, 4.69) is 15.6 Å². The van der Waals surface area contributed by atoms with Crippen LogP contribution in [0.3, 0.4) is 0 Å². The van der Waals surface area contributed by atoms with Crippen molar-refractivity contribution in [3.8, 4) is 0 Å². The quantitative estimate of drug-likeness (QED) is 0.393. The number of amides is 2. The van der Waals surface area contributed by atoms with Crippen molar-refractivity contribution < 1.29 is 14.3 Å². The summed E-state index contributed by atoms with van der Waals surface area (Å²) in [5.74, 6) is -0.215. The number of ether oxygens (including phenoxy) is 1. The Bertz CT molecular complexity index is 1100. The number of nitrogens with one attached hydrogen (secondary N) is 3. The minimum atomic E-state index is -1.15. The van der Waals surface area contributed by atoms with Gasteiger partial charge in [0.15, 0.2) is 0 Å². The van der Waals surface area contributed by atoms with Crippen LogP contribution in [0.5, 0.6) is 0 Å². The number of H-pyrrole nitrogens is 1. The molecule has 2 aromatic carbocycles. The third-order valence-electron chi connectivity index (χ3n) is 6.97. The van der Waals surface area contributed by atoms with Crippen LogP contribution < -0.4 is 10.6 Å². The summed E-state index contributed by atoms with van der Waals surface area (Å²) in [4.78, 5) is 29.7. The van der Waals surface area contributed by atoms with Gasteiger partial charge in [-0.25, -0.2) is 4.79 Å². The maximum atomic E-state index is 13.5. The van der Waals surface area contributed by atoms with E-state index in [-0.39, 0.29) is 12.0 Å². The molecule has 0 unspecified atom stereocenters. The number of carbonyl (C=O) groups excluding carboxylic acids is 2. The lowest BCUT2D eigenvalue weighted by atomic mass is 9.91. The minimum absolute atomic E-state index is 0.0891. The highest BCUT2D eigenvalue weighted by Crippen LogP contribution is 2.24. The Morgan fingerprint density at radius 2 is 1.66 bits per heavy atom. The fourth-order valence-corrected chi connectivity index (χ4v) is 4.94. The van der Waals surface area contributed by atoms with Crippen LogP contribution in [0.1, 0.15) is 63.0 Å². The molecule has 1 saturated carbocycles. The second kappa shape index (κ2) is 11.9. The van der Waals surface area contributed by atoms with Crippen molar-refractivity contribution in [1.29, 1.82) is 0 Å². The van der Waals surface area contributed by atoms with Crippen LogP contribution in [0.2, 0.25) is 0 Å². The maximum Gasteiger partial charge on any atom is 0.408 e. The number of para-hydroxylation sites is 1. The summed E-state index contributed by atoms with van der Waals surface area (Å²) in [7, 11) is 0. The van der Waals surface area contributed by atoms with Crippen molar-refractivity contribution >= 4 is 22.9 Å². The topological polar surface area (TPSA) is 83.2 Å². The second-order valence-electron chi connectivity index (χ2n) is 9.86. The molecule has 3 N–H and O–H groups in total. The summed E-state index contributed by atoms with van der Waals surface area (Å²) < 4.78 is 5.82. The zero-order valence-corrected chi connectivity index (χ0v) is 20.6. The standard InChI is InChI=1S/C29H37N3O3/c1-29(20-23-21-31-26-17-11-10-16-25(23)26,27(33)30-19-18-22-12-6-5-7-13-22)32-28(34)35-24-14-8-3-2-4-9-15-24/h5-7,10-13,16-17,21,24,31H,2-4,8-9,14-15,18-20H2,1H3,(H,30,33)(H,32,34)/t29-/m1/s1. The highest BCUT2D eigenvalue weighted by molar-refractivity contribution is 5.91. The highest BCUT2D eigenvalue weighted by atomic mass is 16.6. The maximum absolute atomic E-state index is 13.5. The number of hydrogen-bond acceptors (Lipinski definition) is 3. The lowest BCUT2D eigenvalue weighted by Gasteiger charge is -2.30. The molecule has 1 atom stereocenters. The summed E-state index contributed by atoms with van der Waals surface area (Å²) in [6.45, 7) is 2.28. The van der Waals surface area contributed by atoms with Gasteiger partial charge >= 0.3 is 6.09 Å². The molecule has 35 heavy (non-hydrogen) atoms. The monoisotopic (exact) mass is 475 g/mol. The number of fused-ring (bicyclic) bond motifs is 1. The van der Waals surface area contributed by atoms with Crippen molar-refractivity contribution in [3.05, 3.63) is 71.9 Å². The van der Waals surface area contributed by atoms with E-state index in [1.54, 1.807) is 6.92 Å². The summed E-state index contributed by atoms with van der Waals surface area (Å²) in [5.41, 5.74) is 1.99. The van der Waals surface area contributed by atoms with Gasteiger partial charge in [0, 0.05) is 30.1 Å². The Balaban J connectivity index is 1.46. The van der Waals surface area contributed by atoms with Crippen molar-refractivity contribution in [2.75, 3.05) is 6.54 Å². The van der Waals surface area contributed by atoms with Crippen LogP contribution >= 0.6 is 0 Å². The van der Waals surface area contributed by atoms with Gasteiger partial charge in [-0.3, -0.25) is 4.79 Å². The van der Waals surface area contributed by atoms with Gasteiger partial charge in [0.1, 0.15) is 11.6 Å². The average Bonchev–Trinajstić information content (AvgIpc) is 3.24. The summed E-state index contributed by atoms with van der Waals surface area (Å²) in [5, 5.41) is 7.03. The lowest BCUT2D eigenvalue weighted by Crippen LogP contribution is -2.58. The number of aromatic amines is 1. The Morgan fingerprint density at radius 1 is 0.971 bits per heavy atom. The fraction of sp³-hybridized carbons (Fsp3) is 0.448. The molecule has 0 radical (unpaired) electrons. The molecule has 2 amide bonds. The number of hydrogen-bond donors (Lipinski definition) is 3. The summed E-state index contributed by atoms with van der Waals surface area (Å²) >= 11 is 0. The van der Waals surface area contributed by atoms with E-state index in [0.29, 0.717) is 13.0 Å². The molecule has 6 heteroatoms. The number of alkyl carbamates (subject to hydrolysis) is 1. The number of carbonyl (C=O) groups is 2. The molecule has 4 rings (SSSR count). The van der Waals surface area contributed by atoms with Gasteiger partial charge in [-0.2, -0.15) is 0 Å². The van der Waals surface area contributed by atoms with E-state index in [1.165, 1.54) is 19.3 Å². The smallest absolute Gasteiger partial charge is 0.408 e. The Kier molecular flexibility index (Phi) is 8.45. The number of rotatable bonds is 8. The molecule has 1 fully saturated rings. The van der Waals surface area contributed by atoms with Crippen molar-refractivity contribution in [1.82, 2.24) is 15.6 Å². The van der Waals surface area contributed by atoms with E-state index >= 15 is 0 Å². The molecule has 1 aliphatic rings. The van der Waals surface area contributed by atoms with E-state index in [4.69, 9.17) is 4.74 Å². The molecule has 1 aromatic heterocycles. The van der Waals surface area contributed by atoms with Crippen LogP contribution in [0, 0.1) is 0 Å². The highest BCUT2D eigenvalue weighted by Gasteiger charge is 2.37. The van der Waals surface area contributed by atoms with E-state index in [0.717, 1.165) is 54.1 Å². The van der Waals surface area contributed by atoms with E-state index in [1.807, 2.05) is 60.8 Å². The molecule has 6 nitrogen and oxygen atoms in total. The molecule has 1 aliphatic carbocycles. The van der Waals surface area contributed by atoms with Crippen LogP contribution in [-0.4, -0.2) is 35.2 Å². The largest absolute Gasteiger partial charge is 0.446 e. The second-order valence-corrected chi connectivity index (χ2v) is 9.86. The Hall–Kier alpha value is -3.28. The average molecular weight is 476 g/mol. The molecule has 0 aliphatic heterocycles. The normalized spacial score (nSPS) is 16.6. The van der Waals surface area contributed by atoms with Gasteiger partial charge in [-0.15, -0.1) is 0 Å². The van der Waals surface area contributed by atoms with Gasteiger partial charge < -0.3 is 20.4 Å². The van der Waals surface area contributed by atoms with Gasteiger partial charge in [0.25, 0.3) is 0 Å². The first-order valence-corrected chi connectivity index (χ1v) is 12.9. The molecule has 0 bridgehead atoms. The first kappa shape index (κ1) is 24.8. The lowest BCUT2D eigenvalue weighted by molar-refractivity contribution is -0.127. The van der Waals surface area contributed by atoms with Crippen molar-refractivity contribution in [2.45, 2.75) is 76.4 Å². The number of benzene rings is 2. The van der Waals surface area contributed by atoms with Crippen LogP contribution in [0.25, 0.3) is 10.9 Å².